The second kappa shape index (κ2) is 8.62. The van der Waals surface area contributed by atoms with Crippen LogP contribution in [0.15, 0.2) is 50.5 Å². The summed E-state index contributed by atoms with van der Waals surface area (Å²) in [5, 5.41) is 3.32. The van der Waals surface area contributed by atoms with Gasteiger partial charge in [-0.2, -0.15) is 4.31 Å². The van der Waals surface area contributed by atoms with E-state index in [2.05, 4.69) is 36.1 Å². The summed E-state index contributed by atoms with van der Waals surface area (Å²) >= 11 is 4.57. The number of hydrogen-bond acceptors (Lipinski definition) is 7. The Bertz CT molecular complexity index is 1140. The van der Waals surface area contributed by atoms with Crippen LogP contribution in [0, 0.1) is 13.8 Å². The topological polar surface area (TPSA) is 78.4 Å². The molecule has 0 saturated carbocycles. The molecule has 1 saturated heterocycles. The number of piperazine rings is 1. The molecule has 0 unspecified atom stereocenters. The van der Waals surface area contributed by atoms with Crippen LogP contribution in [0.3, 0.4) is 0 Å². The van der Waals surface area contributed by atoms with Gasteiger partial charge in [-0.15, -0.1) is 11.3 Å². The smallest absolute Gasteiger partial charge is 0.252 e. The number of nitrogens with one attached hydrogen (secondary N) is 1. The van der Waals surface area contributed by atoms with Gasteiger partial charge in [0, 0.05) is 37.9 Å². The van der Waals surface area contributed by atoms with Crippen molar-refractivity contribution >= 4 is 54.6 Å². The van der Waals surface area contributed by atoms with Gasteiger partial charge in [0.1, 0.15) is 21.7 Å². The summed E-state index contributed by atoms with van der Waals surface area (Å²) in [4.78, 5) is 11.2. The van der Waals surface area contributed by atoms with Gasteiger partial charge in [0.15, 0.2) is 0 Å². The Balaban J connectivity index is 1.47. The fourth-order valence-electron chi connectivity index (χ4n) is 3.28. The van der Waals surface area contributed by atoms with E-state index in [0.717, 1.165) is 21.1 Å². The van der Waals surface area contributed by atoms with E-state index in [-0.39, 0.29) is 0 Å². The Labute approximate surface area is 189 Å². The molecule has 0 atom stereocenters. The summed E-state index contributed by atoms with van der Waals surface area (Å²) in [7, 11) is -3.46. The molecule has 0 radical (unpaired) electrons. The van der Waals surface area contributed by atoms with Gasteiger partial charge in [0.2, 0.25) is 0 Å². The van der Waals surface area contributed by atoms with Gasteiger partial charge in [-0.05, 0) is 54.0 Å². The quantitative estimate of drug-likeness (QED) is 0.558. The minimum Gasteiger partial charge on any atom is -0.354 e. The van der Waals surface area contributed by atoms with E-state index >= 15 is 0 Å². The first-order valence-corrected chi connectivity index (χ1v) is 12.6. The first-order valence-electron chi connectivity index (χ1n) is 9.51. The highest BCUT2D eigenvalue weighted by molar-refractivity contribution is 9.11. The molecule has 10 heteroatoms. The lowest BCUT2D eigenvalue weighted by Gasteiger charge is -2.34. The molecule has 1 N–H and O–H groups in total. The van der Waals surface area contributed by atoms with Crippen LogP contribution in [0.1, 0.15) is 11.4 Å². The lowest BCUT2D eigenvalue weighted by Crippen LogP contribution is -2.48. The molecule has 0 aliphatic carbocycles. The summed E-state index contributed by atoms with van der Waals surface area (Å²) in [6.45, 7) is 5.90. The van der Waals surface area contributed by atoms with Crippen molar-refractivity contribution in [3.8, 4) is 0 Å². The van der Waals surface area contributed by atoms with Crippen LogP contribution in [-0.2, 0) is 10.0 Å². The van der Waals surface area contributed by atoms with Crippen molar-refractivity contribution in [1.29, 1.82) is 0 Å². The van der Waals surface area contributed by atoms with Crippen molar-refractivity contribution in [2.75, 3.05) is 36.4 Å². The third-order valence-corrected chi connectivity index (χ3v) is 8.84. The molecule has 0 bridgehead atoms. The van der Waals surface area contributed by atoms with Crippen LogP contribution in [0.2, 0.25) is 0 Å². The maximum atomic E-state index is 12.8. The van der Waals surface area contributed by atoms with E-state index in [0.29, 0.717) is 36.2 Å². The van der Waals surface area contributed by atoms with Crippen molar-refractivity contribution in [3.63, 3.8) is 0 Å². The predicted molar refractivity (Wildman–Crippen MR) is 124 cm³/mol. The number of hydrogen-bond donors (Lipinski definition) is 1. The van der Waals surface area contributed by atoms with Crippen molar-refractivity contribution in [1.82, 2.24) is 14.3 Å². The average molecular weight is 508 g/mol. The van der Waals surface area contributed by atoms with Crippen LogP contribution >= 0.6 is 27.3 Å². The fourth-order valence-corrected chi connectivity index (χ4v) is 6.87. The highest BCUT2D eigenvalue weighted by Crippen LogP contribution is 2.29. The number of thiophene rings is 1. The van der Waals surface area contributed by atoms with Crippen LogP contribution in [-0.4, -0.2) is 48.9 Å². The molecule has 30 heavy (non-hydrogen) atoms. The lowest BCUT2D eigenvalue weighted by molar-refractivity contribution is 0.384. The summed E-state index contributed by atoms with van der Waals surface area (Å²) < 4.78 is 28.4. The zero-order chi connectivity index (χ0) is 21.3. The third kappa shape index (κ3) is 4.66. The van der Waals surface area contributed by atoms with Crippen LogP contribution < -0.4 is 10.2 Å². The minimum atomic E-state index is -3.46. The number of anilines is 3. The van der Waals surface area contributed by atoms with Crippen molar-refractivity contribution < 1.29 is 8.42 Å². The van der Waals surface area contributed by atoms with E-state index < -0.39 is 10.0 Å². The second-order valence-electron chi connectivity index (χ2n) is 7.10. The molecule has 1 aliphatic rings. The third-order valence-electron chi connectivity index (χ3n) is 4.85. The maximum Gasteiger partial charge on any atom is 0.252 e. The van der Waals surface area contributed by atoms with Gasteiger partial charge < -0.3 is 10.2 Å². The van der Waals surface area contributed by atoms with Gasteiger partial charge >= 0.3 is 0 Å². The predicted octanol–water partition coefficient (Wildman–Crippen LogP) is 4.17. The van der Waals surface area contributed by atoms with E-state index in [1.165, 1.54) is 16.9 Å². The summed E-state index contributed by atoms with van der Waals surface area (Å²) in [5.41, 5.74) is 2.16. The Morgan fingerprint density at radius 1 is 1.00 bits per heavy atom. The molecule has 0 amide bonds. The molecule has 1 fully saturated rings. The largest absolute Gasteiger partial charge is 0.354 e. The van der Waals surface area contributed by atoms with Crippen LogP contribution in [0.5, 0.6) is 0 Å². The zero-order valence-electron chi connectivity index (χ0n) is 16.7. The molecule has 2 aromatic heterocycles. The Hall–Kier alpha value is -2.01. The normalized spacial score (nSPS) is 15.4. The van der Waals surface area contributed by atoms with Gasteiger partial charge in [-0.1, -0.05) is 17.7 Å². The number of aryl methyl sites for hydroxylation is 2. The first kappa shape index (κ1) is 21.2. The molecule has 158 valence electrons. The van der Waals surface area contributed by atoms with E-state index in [1.54, 1.807) is 16.4 Å². The summed E-state index contributed by atoms with van der Waals surface area (Å²) in [5.74, 6) is 2.19. The summed E-state index contributed by atoms with van der Waals surface area (Å²) in [6, 6.07) is 13.4. The fraction of sp³-hybridized carbons (Fsp3) is 0.300. The van der Waals surface area contributed by atoms with Crippen molar-refractivity contribution in [2.45, 2.75) is 18.1 Å². The molecule has 7 nitrogen and oxygen atoms in total. The molecular formula is C20H22BrN5O2S2. The van der Waals surface area contributed by atoms with E-state index in [1.807, 2.05) is 44.2 Å². The highest BCUT2D eigenvalue weighted by Gasteiger charge is 2.30. The van der Waals surface area contributed by atoms with Crippen molar-refractivity contribution in [3.05, 3.63) is 57.6 Å². The molecule has 1 aromatic carbocycles. The van der Waals surface area contributed by atoms with Crippen molar-refractivity contribution in [2.24, 2.45) is 0 Å². The number of nitrogens with zero attached hydrogens (tertiary/aromatic N) is 4. The van der Waals surface area contributed by atoms with Gasteiger partial charge in [-0.25, -0.2) is 18.4 Å². The molecule has 4 rings (SSSR count). The maximum absolute atomic E-state index is 12.8. The minimum absolute atomic E-state index is 0.366. The Morgan fingerprint density at radius 3 is 2.33 bits per heavy atom. The summed E-state index contributed by atoms with van der Waals surface area (Å²) in [6.07, 6.45) is 0. The number of aromatic nitrogens is 2. The zero-order valence-corrected chi connectivity index (χ0v) is 19.9. The van der Waals surface area contributed by atoms with Crippen LogP contribution in [0.25, 0.3) is 0 Å². The second-order valence-corrected chi connectivity index (χ2v) is 11.7. The van der Waals surface area contributed by atoms with Crippen LogP contribution in [0.4, 0.5) is 17.3 Å². The van der Waals surface area contributed by atoms with Gasteiger partial charge in [-0.3, -0.25) is 0 Å². The number of benzene rings is 1. The van der Waals surface area contributed by atoms with E-state index in [9.17, 15) is 8.42 Å². The number of sulfonamides is 1. The monoisotopic (exact) mass is 507 g/mol. The number of rotatable bonds is 5. The Morgan fingerprint density at radius 2 is 1.70 bits per heavy atom. The first-order chi connectivity index (χ1) is 14.3. The van der Waals surface area contributed by atoms with Gasteiger partial charge in [0.25, 0.3) is 10.0 Å². The molecular weight excluding hydrogens is 486 g/mol. The molecule has 3 aromatic rings. The number of halogens is 1. The average Bonchev–Trinajstić information content (AvgIpc) is 3.17. The van der Waals surface area contributed by atoms with E-state index in [4.69, 9.17) is 0 Å². The SMILES string of the molecule is Cc1ccc(Nc2cc(N3CCN(S(=O)(=O)c4ccc(Br)s4)CC3)nc(C)n2)cc1. The molecule has 1 aliphatic heterocycles. The molecule has 0 spiro atoms. The standard InChI is InChI=1S/C20H22BrN5O2S2/c1-14-3-5-16(6-4-14)24-18-13-19(23-15(2)22-18)25-9-11-26(12-10-25)30(27,28)20-8-7-17(21)29-20/h3-8,13H,9-12H2,1-2H3,(H,22,23,24). The lowest BCUT2D eigenvalue weighted by atomic mass is 10.2. The molecule has 3 heterocycles. The van der Waals surface area contributed by atoms with Gasteiger partial charge in [0.05, 0.1) is 3.79 Å². The highest BCUT2D eigenvalue weighted by atomic mass is 79.9. The Kier molecular flexibility index (Phi) is 6.10.